The molecule has 1 aromatic carbocycles. The van der Waals surface area contributed by atoms with Gasteiger partial charge in [-0.05, 0) is 50.5 Å². The van der Waals surface area contributed by atoms with E-state index >= 15 is 0 Å². The van der Waals surface area contributed by atoms with E-state index in [0.717, 1.165) is 22.4 Å². The first-order valence-corrected chi connectivity index (χ1v) is 6.01. The summed E-state index contributed by atoms with van der Waals surface area (Å²) in [6.45, 7) is 7.81. The molecule has 0 atom stereocenters. The maximum Gasteiger partial charge on any atom is 0.323 e. The average Bonchev–Trinajstić information content (AvgIpc) is 2.38. The quantitative estimate of drug-likeness (QED) is 0.823. The number of rotatable bonds is 2. The van der Waals surface area contributed by atoms with E-state index in [1.54, 1.807) is 6.07 Å². The van der Waals surface area contributed by atoms with Crippen molar-refractivity contribution in [3.63, 3.8) is 0 Å². The lowest BCUT2D eigenvalue weighted by Gasteiger charge is -2.12. The molecule has 0 N–H and O–H groups in total. The highest BCUT2D eigenvalue weighted by Crippen LogP contribution is 2.29. The van der Waals surface area contributed by atoms with Gasteiger partial charge in [-0.2, -0.15) is 10.2 Å². The molecular weight excluding hydrogens is 238 g/mol. The van der Waals surface area contributed by atoms with Gasteiger partial charge in [-0.1, -0.05) is 12.1 Å². The second-order valence-electron chi connectivity index (χ2n) is 4.54. The van der Waals surface area contributed by atoms with Crippen molar-refractivity contribution in [3.05, 3.63) is 46.3 Å². The molecule has 0 spiro atoms. The van der Waals surface area contributed by atoms with E-state index in [9.17, 15) is 0 Å². The summed E-state index contributed by atoms with van der Waals surface area (Å²) >= 11 is 0. The summed E-state index contributed by atoms with van der Waals surface area (Å²) in [6.07, 6.45) is 0. The summed E-state index contributed by atoms with van der Waals surface area (Å²) in [5, 5.41) is 8.91. The molecule has 0 aliphatic carbocycles. The fraction of sp³-hybridized carbons (Fsp3) is 0.267. The van der Waals surface area contributed by atoms with Crippen molar-refractivity contribution >= 4 is 0 Å². The van der Waals surface area contributed by atoms with Crippen LogP contribution in [-0.4, -0.2) is 9.97 Å². The Labute approximate surface area is 112 Å². The molecule has 2 aromatic rings. The third kappa shape index (κ3) is 2.71. The predicted molar refractivity (Wildman–Crippen MR) is 72.2 cm³/mol. The molecule has 0 aliphatic rings. The van der Waals surface area contributed by atoms with Gasteiger partial charge in [0.15, 0.2) is 0 Å². The van der Waals surface area contributed by atoms with Crippen LogP contribution in [0.1, 0.15) is 28.1 Å². The monoisotopic (exact) mass is 253 g/mol. The lowest BCUT2D eigenvalue weighted by molar-refractivity contribution is 0.433. The van der Waals surface area contributed by atoms with E-state index in [4.69, 9.17) is 10.00 Å². The van der Waals surface area contributed by atoms with E-state index in [2.05, 4.69) is 16.0 Å². The van der Waals surface area contributed by atoms with Gasteiger partial charge in [-0.15, -0.1) is 0 Å². The normalized spacial score (nSPS) is 10.1. The van der Waals surface area contributed by atoms with Gasteiger partial charge < -0.3 is 4.74 Å². The standard InChI is InChI=1S/C15H15N3O/c1-9-5-6-10(2)14(12(9)4)19-15-17-11(3)7-13(8-16)18-15/h5-7H,1-4H3. The second-order valence-corrected chi connectivity index (χ2v) is 4.54. The van der Waals surface area contributed by atoms with Crippen molar-refractivity contribution in [3.8, 4) is 17.8 Å². The van der Waals surface area contributed by atoms with Gasteiger partial charge >= 0.3 is 6.01 Å². The zero-order valence-electron chi connectivity index (χ0n) is 11.5. The molecule has 4 heteroatoms. The van der Waals surface area contributed by atoms with Gasteiger partial charge in [0.05, 0.1) is 0 Å². The largest absolute Gasteiger partial charge is 0.424 e. The Hall–Kier alpha value is -2.41. The van der Waals surface area contributed by atoms with Crippen LogP contribution in [-0.2, 0) is 0 Å². The van der Waals surface area contributed by atoms with Gasteiger partial charge in [0, 0.05) is 5.69 Å². The summed E-state index contributed by atoms with van der Waals surface area (Å²) in [5.41, 5.74) is 4.25. The van der Waals surface area contributed by atoms with E-state index in [-0.39, 0.29) is 6.01 Å². The van der Waals surface area contributed by atoms with Gasteiger partial charge in [-0.25, -0.2) is 4.98 Å². The average molecular weight is 253 g/mol. The van der Waals surface area contributed by atoms with E-state index in [1.807, 2.05) is 39.8 Å². The number of aryl methyl sites for hydroxylation is 3. The summed E-state index contributed by atoms with van der Waals surface area (Å²) in [6, 6.07) is 7.90. The van der Waals surface area contributed by atoms with Crippen molar-refractivity contribution < 1.29 is 4.74 Å². The molecular formula is C15H15N3O. The molecule has 0 amide bonds. The molecule has 0 bridgehead atoms. The number of benzene rings is 1. The molecule has 4 nitrogen and oxygen atoms in total. The molecule has 0 aliphatic heterocycles. The van der Waals surface area contributed by atoms with Crippen LogP contribution in [0.4, 0.5) is 0 Å². The highest BCUT2D eigenvalue weighted by Gasteiger charge is 2.10. The Morgan fingerprint density at radius 3 is 2.42 bits per heavy atom. The summed E-state index contributed by atoms with van der Waals surface area (Å²) in [4.78, 5) is 8.27. The van der Waals surface area contributed by atoms with Gasteiger partial charge in [0.1, 0.15) is 17.5 Å². The van der Waals surface area contributed by atoms with E-state index < -0.39 is 0 Å². The fourth-order valence-corrected chi connectivity index (χ4v) is 1.82. The first-order chi connectivity index (χ1) is 9.01. The molecule has 0 fully saturated rings. The zero-order valence-corrected chi connectivity index (χ0v) is 11.5. The van der Waals surface area contributed by atoms with Crippen molar-refractivity contribution in [1.82, 2.24) is 9.97 Å². The van der Waals surface area contributed by atoms with Crippen LogP contribution < -0.4 is 4.74 Å². The molecule has 96 valence electrons. The van der Waals surface area contributed by atoms with Crippen molar-refractivity contribution in [2.24, 2.45) is 0 Å². The first kappa shape index (κ1) is 13.0. The number of nitrogens with zero attached hydrogens (tertiary/aromatic N) is 3. The van der Waals surface area contributed by atoms with Crippen molar-refractivity contribution in [2.75, 3.05) is 0 Å². The highest BCUT2D eigenvalue weighted by atomic mass is 16.5. The zero-order chi connectivity index (χ0) is 14.0. The number of hydrogen-bond acceptors (Lipinski definition) is 4. The minimum atomic E-state index is 0.216. The van der Waals surface area contributed by atoms with E-state index in [0.29, 0.717) is 11.4 Å². The minimum absolute atomic E-state index is 0.216. The Morgan fingerprint density at radius 1 is 1.05 bits per heavy atom. The van der Waals surface area contributed by atoms with E-state index in [1.165, 1.54) is 0 Å². The number of aromatic nitrogens is 2. The molecule has 2 rings (SSSR count). The van der Waals surface area contributed by atoms with Crippen molar-refractivity contribution in [2.45, 2.75) is 27.7 Å². The van der Waals surface area contributed by atoms with Crippen LogP contribution in [0, 0.1) is 39.0 Å². The Morgan fingerprint density at radius 2 is 1.74 bits per heavy atom. The number of nitriles is 1. The topological polar surface area (TPSA) is 58.8 Å². The van der Waals surface area contributed by atoms with Crippen LogP contribution in [0.5, 0.6) is 11.8 Å². The maximum atomic E-state index is 8.91. The third-order valence-electron chi connectivity index (χ3n) is 3.02. The number of hydrogen-bond donors (Lipinski definition) is 0. The van der Waals surface area contributed by atoms with Crippen LogP contribution in [0.3, 0.4) is 0 Å². The maximum absolute atomic E-state index is 8.91. The van der Waals surface area contributed by atoms with Gasteiger partial charge in [-0.3, -0.25) is 0 Å². The number of ether oxygens (including phenoxy) is 1. The second kappa shape index (κ2) is 5.07. The Balaban J connectivity index is 2.45. The smallest absolute Gasteiger partial charge is 0.323 e. The summed E-state index contributed by atoms with van der Waals surface area (Å²) < 4.78 is 5.77. The van der Waals surface area contributed by atoms with Crippen LogP contribution in [0.15, 0.2) is 18.2 Å². The molecule has 0 saturated carbocycles. The summed E-state index contributed by atoms with van der Waals surface area (Å²) in [5.74, 6) is 0.759. The fourth-order valence-electron chi connectivity index (χ4n) is 1.82. The lowest BCUT2D eigenvalue weighted by Crippen LogP contribution is -1.99. The highest BCUT2D eigenvalue weighted by molar-refractivity contribution is 5.45. The van der Waals surface area contributed by atoms with Gasteiger partial charge in [0.25, 0.3) is 0 Å². The predicted octanol–water partition coefficient (Wildman–Crippen LogP) is 3.37. The molecule has 1 heterocycles. The molecule has 0 unspecified atom stereocenters. The van der Waals surface area contributed by atoms with Crippen molar-refractivity contribution in [1.29, 1.82) is 5.26 Å². The Kier molecular flexibility index (Phi) is 3.48. The van der Waals surface area contributed by atoms with Gasteiger partial charge in [0.2, 0.25) is 0 Å². The molecule has 19 heavy (non-hydrogen) atoms. The summed E-state index contributed by atoms with van der Waals surface area (Å²) in [7, 11) is 0. The van der Waals surface area contributed by atoms with Crippen LogP contribution in [0.2, 0.25) is 0 Å². The van der Waals surface area contributed by atoms with Crippen LogP contribution in [0.25, 0.3) is 0 Å². The Bertz CT molecular complexity index is 672. The molecule has 0 radical (unpaired) electrons. The minimum Gasteiger partial charge on any atom is -0.424 e. The third-order valence-corrected chi connectivity index (χ3v) is 3.02. The SMILES string of the molecule is Cc1cc(C#N)nc(Oc2c(C)ccc(C)c2C)n1. The molecule has 1 aromatic heterocycles. The lowest BCUT2D eigenvalue weighted by atomic mass is 10.1. The molecule has 0 saturated heterocycles. The first-order valence-electron chi connectivity index (χ1n) is 6.01. The van der Waals surface area contributed by atoms with Crippen LogP contribution >= 0.6 is 0 Å².